The molecule has 0 aliphatic carbocycles. The molecule has 19 heavy (non-hydrogen) atoms. The molecule has 98 valence electrons. The Balaban J connectivity index is 2.42. The quantitative estimate of drug-likeness (QED) is 0.753. The van der Waals surface area contributed by atoms with Crippen molar-refractivity contribution in [1.82, 2.24) is 0 Å². The molecule has 0 radical (unpaired) electrons. The number of rotatable bonds is 4. The number of benzene rings is 2. The molecule has 0 saturated carbocycles. The van der Waals surface area contributed by atoms with E-state index in [0.717, 1.165) is 4.47 Å². The molecule has 4 heteroatoms. The van der Waals surface area contributed by atoms with Gasteiger partial charge in [-0.1, -0.05) is 27.5 Å². The molecular weight excluding hydrogens is 328 g/mol. The van der Waals surface area contributed by atoms with Crippen molar-refractivity contribution in [2.45, 2.75) is 6.92 Å². The third-order valence-electron chi connectivity index (χ3n) is 2.59. The fourth-order valence-corrected chi connectivity index (χ4v) is 2.15. The lowest BCUT2D eigenvalue weighted by Gasteiger charge is -2.10. The first kappa shape index (κ1) is 14.1. The fourth-order valence-electron chi connectivity index (χ4n) is 1.72. The molecule has 0 saturated heterocycles. The SMILES string of the molecule is CCOc1ccc(Cl)cc1C(=O)c1ccc(Br)cc1. The van der Waals surface area contributed by atoms with Crippen molar-refractivity contribution in [3.63, 3.8) is 0 Å². The molecule has 2 aromatic rings. The van der Waals surface area contributed by atoms with Crippen molar-refractivity contribution in [3.05, 3.63) is 63.1 Å². The van der Waals surface area contributed by atoms with Gasteiger partial charge in [-0.3, -0.25) is 4.79 Å². The van der Waals surface area contributed by atoms with Crippen LogP contribution in [0.1, 0.15) is 22.8 Å². The van der Waals surface area contributed by atoms with Crippen molar-refractivity contribution in [2.75, 3.05) is 6.61 Å². The summed E-state index contributed by atoms with van der Waals surface area (Å²) in [6, 6.07) is 12.3. The van der Waals surface area contributed by atoms with Gasteiger partial charge in [-0.2, -0.15) is 0 Å². The molecule has 2 aromatic carbocycles. The molecule has 0 amide bonds. The standard InChI is InChI=1S/C15H12BrClO2/c1-2-19-14-8-7-12(17)9-13(14)15(18)10-3-5-11(16)6-4-10/h3-9H,2H2,1H3. The maximum atomic E-state index is 12.5. The monoisotopic (exact) mass is 338 g/mol. The minimum Gasteiger partial charge on any atom is -0.493 e. The van der Waals surface area contributed by atoms with E-state index in [4.69, 9.17) is 16.3 Å². The number of carbonyl (C=O) groups is 1. The number of hydrogen-bond donors (Lipinski definition) is 0. The Labute approximate surface area is 125 Å². The van der Waals surface area contributed by atoms with Crippen LogP contribution in [0.3, 0.4) is 0 Å². The molecule has 0 heterocycles. The van der Waals surface area contributed by atoms with E-state index < -0.39 is 0 Å². The molecule has 0 unspecified atom stereocenters. The highest BCUT2D eigenvalue weighted by atomic mass is 79.9. The summed E-state index contributed by atoms with van der Waals surface area (Å²) in [5, 5.41) is 0.518. The maximum absolute atomic E-state index is 12.5. The van der Waals surface area contributed by atoms with Crippen LogP contribution in [0.4, 0.5) is 0 Å². The highest BCUT2D eigenvalue weighted by Crippen LogP contribution is 2.26. The Morgan fingerprint density at radius 1 is 1.21 bits per heavy atom. The normalized spacial score (nSPS) is 10.3. The summed E-state index contributed by atoms with van der Waals surface area (Å²) in [4.78, 5) is 12.5. The van der Waals surface area contributed by atoms with Crippen LogP contribution < -0.4 is 4.74 Å². The Bertz CT molecular complexity index is 594. The van der Waals surface area contributed by atoms with Crippen LogP contribution in [0.2, 0.25) is 5.02 Å². The van der Waals surface area contributed by atoms with Gasteiger partial charge in [0.05, 0.1) is 12.2 Å². The molecule has 2 nitrogen and oxygen atoms in total. The van der Waals surface area contributed by atoms with E-state index in [1.807, 2.05) is 19.1 Å². The molecule has 0 bridgehead atoms. The van der Waals surface area contributed by atoms with Gasteiger partial charge >= 0.3 is 0 Å². The summed E-state index contributed by atoms with van der Waals surface area (Å²) >= 11 is 9.30. The van der Waals surface area contributed by atoms with E-state index in [1.165, 1.54) is 0 Å². The second kappa shape index (κ2) is 6.22. The lowest BCUT2D eigenvalue weighted by Crippen LogP contribution is -2.05. The number of hydrogen-bond acceptors (Lipinski definition) is 2. The van der Waals surface area contributed by atoms with Crippen LogP contribution in [-0.2, 0) is 0 Å². The van der Waals surface area contributed by atoms with Gasteiger partial charge in [0.25, 0.3) is 0 Å². The van der Waals surface area contributed by atoms with Gasteiger partial charge in [0.1, 0.15) is 5.75 Å². The van der Waals surface area contributed by atoms with Crippen LogP contribution in [0, 0.1) is 0 Å². The fraction of sp³-hybridized carbons (Fsp3) is 0.133. The van der Waals surface area contributed by atoms with Crippen LogP contribution in [0.15, 0.2) is 46.9 Å². The van der Waals surface area contributed by atoms with Gasteiger partial charge in [-0.05, 0) is 49.4 Å². The summed E-state index contributed by atoms with van der Waals surface area (Å²) in [6.07, 6.45) is 0. The average molecular weight is 340 g/mol. The van der Waals surface area contributed by atoms with E-state index in [0.29, 0.717) is 28.5 Å². The summed E-state index contributed by atoms with van der Waals surface area (Å²) < 4.78 is 6.40. The first-order valence-corrected chi connectivity index (χ1v) is 7.01. The minimum atomic E-state index is -0.0987. The average Bonchev–Trinajstić information content (AvgIpc) is 2.41. The Morgan fingerprint density at radius 2 is 1.89 bits per heavy atom. The first-order chi connectivity index (χ1) is 9.11. The molecule has 0 N–H and O–H groups in total. The molecule has 0 spiro atoms. The molecule has 0 aliphatic rings. The predicted octanol–water partition coefficient (Wildman–Crippen LogP) is 4.73. The van der Waals surface area contributed by atoms with E-state index in [9.17, 15) is 4.79 Å². The summed E-state index contributed by atoms with van der Waals surface area (Å²) in [5.74, 6) is 0.457. The zero-order valence-corrected chi connectivity index (χ0v) is 12.7. The van der Waals surface area contributed by atoms with E-state index in [1.54, 1.807) is 30.3 Å². The van der Waals surface area contributed by atoms with Crippen LogP contribution >= 0.6 is 27.5 Å². The summed E-state index contributed by atoms with van der Waals surface area (Å²) in [7, 11) is 0. The maximum Gasteiger partial charge on any atom is 0.196 e. The second-order valence-electron chi connectivity index (χ2n) is 3.91. The zero-order valence-electron chi connectivity index (χ0n) is 10.3. The number of halogens is 2. The summed E-state index contributed by atoms with van der Waals surface area (Å²) in [5.41, 5.74) is 1.09. The molecule has 0 fully saturated rings. The number of ketones is 1. The molecular formula is C15H12BrClO2. The van der Waals surface area contributed by atoms with Crippen molar-refractivity contribution in [3.8, 4) is 5.75 Å². The van der Waals surface area contributed by atoms with Crippen molar-refractivity contribution in [2.24, 2.45) is 0 Å². The lowest BCUT2D eigenvalue weighted by molar-refractivity contribution is 0.103. The predicted molar refractivity (Wildman–Crippen MR) is 80.2 cm³/mol. The number of carbonyl (C=O) groups excluding carboxylic acids is 1. The third kappa shape index (κ3) is 3.37. The minimum absolute atomic E-state index is 0.0987. The van der Waals surface area contributed by atoms with Gasteiger partial charge in [0, 0.05) is 15.1 Å². The van der Waals surface area contributed by atoms with Crippen molar-refractivity contribution < 1.29 is 9.53 Å². The van der Waals surface area contributed by atoms with Crippen molar-refractivity contribution in [1.29, 1.82) is 0 Å². The molecule has 0 aliphatic heterocycles. The molecule has 0 atom stereocenters. The van der Waals surface area contributed by atoms with E-state index in [-0.39, 0.29) is 5.78 Å². The zero-order chi connectivity index (χ0) is 13.8. The Morgan fingerprint density at radius 3 is 2.53 bits per heavy atom. The largest absolute Gasteiger partial charge is 0.493 e. The van der Waals surface area contributed by atoms with Gasteiger partial charge < -0.3 is 4.74 Å². The molecule has 0 aromatic heterocycles. The topological polar surface area (TPSA) is 26.3 Å². The summed E-state index contributed by atoms with van der Waals surface area (Å²) in [6.45, 7) is 2.38. The molecule has 2 rings (SSSR count). The van der Waals surface area contributed by atoms with Gasteiger partial charge in [-0.15, -0.1) is 0 Å². The van der Waals surface area contributed by atoms with Crippen LogP contribution in [-0.4, -0.2) is 12.4 Å². The van der Waals surface area contributed by atoms with Crippen LogP contribution in [0.25, 0.3) is 0 Å². The highest BCUT2D eigenvalue weighted by molar-refractivity contribution is 9.10. The third-order valence-corrected chi connectivity index (χ3v) is 3.36. The van der Waals surface area contributed by atoms with Gasteiger partial charge in [-0.25, -0.2) is 0 Å². The Hall–Kier alpha value is -1.32. The van der Waals surface area contributed by atoms with Gasteiger partial charge in [0.15, 0.2) is 5.78 Å². The smallest absolute Gasteiger partial charge is 0.196 e. The highest BCUT2D eigenvalue weighted by Gasteiger charge is 2.15. The van der Waals surface area contributed by atoms with E-state index in [2.05, 4.69) is 15.9 Å². The van der Waals surface area contributed by atoms with Gasteiger partial charge in [0.2, 0.25) is 0 Å². The Kier molecular flexibility index (Phi) is 4.61. The van der Waals surface area contributed by atoms with Crippen LogP contribution in [0.5, 0.6) is 5.75 Å². The second-order valence-corrected chi connectivity index (χ2v) is 5.26. The first-order valence-electron chi connectivity index (χ1n) is 5.84. The lowest BCUT2D eigenvalue weighted by atomic mass is 10.0. The van der Waals surface area contributed by atoms with E-state index >= 15 is 0 Å². The number of ether oxygens (including phenoxy) is 1. The van der Waals surface area contributed by atoms with Crippen molar-refractivity contribution >= 4 is 33.3 Å².